The zero-order chi connectivity index (χ0) is 13.7. The maximum atomic E-state index is 5.85. The molecule has 0 amide bonds. The Bertz CT molecular complexity index is 386. The van der Waals surface area contributed by atoms with Crippen molar-refractivity contribution in [1.29, 1.82) is 0 Å². The summed E-state index contributed by atoms with van der Waals surface area (Å²) >= 11 is 0. The molecule has 1 fully saturated rings. The molecule has 0 aromatic heterocycles. The average Bonchev–Trinajstić information content (AvgIpc) is 2.87. The molecule has 1 aromatic rings. The fourth-order valence-corrected chi connectivity index (χ4v) is 2.63. The van der Waals surface area contributed by atoms with Gasteiger partial charge in [0.15, 0.2) is 0 Å². The summed E-state index contributed by atoms with van der Waals surface area (Å²) in [4.78, 5) is 2.50. The lowest BCUT2D eigenvalue weighted by molar-refractivity contribution is 0.0855. The third kappa shape index (κ3) is 4.51. The van der Waals surface area contributed by atoms with Crippen LogP contribution in [0.25, 0.3) is 0 Å². The number of anilines is 1. The third-order valence-corrected chi connectivity index (χ3v) is 3.83. The first-order valence-corrected chi connectivity index (χ1v) is 7.35. The molecule has 3 nitrogen and oxygen atoms in total. The summed E-state index contributed by atoms with van der Waals surface area (Å²) in [5, 5.41) is 0. The van der Waals surface area contributed by atoms with Crippen LogP contribution in [0.1, 0.15) is 38.7 Å². The summed E-state index contributed by atoms with van der Waals surface area (Å²) in [6.45, 7) is 7.51. The van der Waals surface area contributed by atoms with Crippen molar-refractivity contribution in [2.75, 3.05) is 18.9 Å². The smallest absolute Gasteiger partial charge is 0.0588 e. The van der Waals surface area contributed by atoms with Crippen LogP contribution in [0.2, 0.25) is 0 Å². The minimum absolute atomic E-state index is 0.474. The molecule has 0 aliphatic carbocycles. The van der Waals surface area contributed by atoms with E-state index in [0.29, 0.717) is 12.1 Å². The summed E-state index contributed by atoms with van der Waals surface area (Å²) in [7, 11) is 0. The predicted octanol–water partition coefficient (Wildman–Crippen LogP) is 3.05. The van der Waals surface area contributed by atoms with Gasteiger partial charge in [-0.2, -0.15) is 0 Å². The zero-order valence-corrected chi connectivity index (χ0v) is 12.1. The van der Waals surface area contributed by atoms with E-state index in [9.17, 15) is 0 Å². The second-order valence-corrected chi connectivity index (χ2v) is 5.73. The lowest BCUT2D eigenvalue weighted by Crippen LogP contribution is -2.33. The molecular weight excluding hydrogens is 236 g/mol. The molecule has 1 saturated heterocycles. The molecule has 2 rings (SSSR count). The number of benzene rings is 1. The molecule has 19 heavy (non-hydrogen) atoms. The first-order chi connectivity index (χ1) is 9.15. The maximum Gasteiger partial charge on any atom is 0.0588 e. The van der Waals surface area contributed by atoms with E-state index in [0.717, 1.165) is 31.8 Å². The number of nitrogen functional groups attached to an aromatic ring is 1. The van der Waals surface area contributed by atoms with Crippen LogP contribution in [0.5, 0.6) is 0 Å². The Kier molecular flexibility index (Phi) is 5.23. The summed E-state index contributed by atoms with van der Waals surface area (Å²) in [5.74, 6) is 0. The van der Waals surface area contributed by atoms with Crippen molar-refractivity contribution in [2.45, 2.75) is 51.8 Å². The first kappa shape index (κ1) is 14.4. The van der Waals surface area contributed by atoms with Crippen LogP contribution in [0.4, 0.5) is 5.69 Å². The topological polar surface area (TPSA) is 38.5 Å². The molecule has 2 N–H and O–H groups in total. The molecule has 1 atom stereocenters. The van der Waals surface area contributed by atoms with Gasteiger partial charge in [0.2, 0.25) is 0 Å². The minimum Gasteiger partial charge on any atom is -0.399 e. The summed E-state index contributed by atoms with van der Waals surface area (Å²) in [5.41, 5.74) is 7.99. The monoisotopic (exact) mass is 262 g/mol. The van der Waals surface area contributed by atoms with Crippen LogP contribution in [0, 0.1) is 0 Å². The summed E-state index contributed by atoms with van der Waals surface area (Å²) < 4.78 is 5.71. The Balaban J connectivity index is 1.88. The van der Waals surface area contributed by atoms with Gasteiger partial charge in [0.1, 0.15) is 0 Å². The van der Waals surface area contributed by atoms with Crippen LogP contribution in [0.15, 0.2) is 24.3 Å². The number of nitrogens with zero attached hydrogens (tertiary/aromatic N) is 1. The van der Waals surface area contributed by atoms with Gasteiger partial charge in [0.25, 0.3) is 0 Å². The van der Waals surface area contributed by atoms with E-state index in [1.54, 1.807) is 0 Å². The lowest BCUT2D eigenvalue weighted by atomic mass is 10.1. The summed E-state index contributed by atoms with van der Waals surface area (Å²) in [6, 6.07) is 8.74. The molecule has 1 aromatic carbocycles. The van der Waals surface area contributed by atoms with E-state index in [1.807, 2.05) is 12.1 Å². The number of ether oxygens (including phenoxy) is 1. The minimum atomic E-state index is 0.474. The van der Waals surface area contributed by atoms with E-state index in [2.05, 4.69) is 30.9 Å². The normalized spacial score (nSPS) is 19.5. The molecule has 0 radical (unpaired) electrons. The highest BCUT2D eigenvalue weighted by molar-refractivity contribution is 5.40. The highest BCUT2D eigenvalue weighted by Gasteiger charge is 2.18. The van der Waals surface area contributed by atoms with Crippen molar-refractivity contribution < 1.29 is 4.74 Å². The standard InChI is InChI=1S/C16H26N2O/c1-13(2)18(9-8-16-7-4-10-19-16)12-14-5-3-6-15(17)11-14/h3,5-6,11,13,16H,4,7-10,12,17H2,1-2H3. The molecule has 0 bridgehead atoms. The lowest BCUT2D eigenvalue weighted by Gasteiger charge is -2.27. The third-order valence-electron chi connectivity index (χ3n) is 3.83. The molecular formula is C16H26N2O. The van der Waals surface area contributed by atoms with Crippen molar-refractivity contribution in [3.8, 4) is 0 Å². The van der Waals surface area contributed by atoms with E-state index in [4.69, 9.17) is 10.5 Å². The van der Waals surface area contributed by atoms with Crippen LogP contribution >= 0.6 is 0 Å². The molecule has 1 heterocycles. The second-order valence-electron chi connectivity index (χ2n) is 5.73. The van der Waals surface area contributed by atoms with E-state index in [1.165, 1.54) is 18.4 Å². The Labute approximate surface area is 116 Å². The van der Waals surface area contributed by atoms with Crippen molar-refractivity contribution in [3.63, 3.8) is 0 Å². The highest BCUT2D eigenvalue weighted by atomic mass is 16.5. The van der Waals surface area contributed by atoms with Gasteiger partial charge in [-0.1, -0.05) is 12.1 Å². The number of rotatable bonds is 6. The van der Waals surface area contributed by atoms with Gasteiger partial charge in [-0.15, -0.1) is 0 Å². The average molecular weight is 262 g/mol. The van der Waals surface area contributed by atoms with Gasteiger partial charge in [-0.25, -0.2) is 0 Å². The quantitative estimate of drug-likeness (QED) is 0.801. The van der Waals surface area contributed by atoms with Gasteiger partial charge >= 0.3 is 0 Å². The number of hydrogen-bond acceptors (Lipinski definition) is 3. The number of nitrogens with two attached hydrogens (primary N) is 1. The zero-order valence-electron chi connectivity index (χ0n) is 12.1. The largest absolute Gasteiger partial charge is 0.399 e. The Hall–Kier alpha value is -1.06. The summed E-state index contributed by atoms with van der Waals surface area (Å²) in [6.07, 6.45) is 4.06. The molecule has 0 saturated carbocycles. The number of hydrogen-bond donors (Lipinski definition) is 1. The van der Waals surface area contributed by atoms with Crippen molar-refractivity contribution in [2.24, 2.45) is 0 Å². The van der Waals surface area contributed by atoms with Crippen LogP contribution in [0.3, 0.4) is 0 Å². The van der Waals surface area contributed by atoms with Crippen molar-refractivity contribution >= 4 is 5.69 Å². The van der Waals surface area contributed by atoms with E-state index in [-0.39, 0.29) is 0 Å². The fraction of sp³-hybridized carbons (Fsp3) is 0.625. The highest BCUT2D eigenvalue weighted by Crippen LogP contribution is 2.18. The molecule has 1 aliphatic rings. The van der Waals surface area contributed by atoms with Gasteiger partial charge in [0, 0.05) is 31.4 Å². The van der Waals surface area contributed by atoms with Crippen LogP contribution < -0.4 is 5.73 Å². The Morgan fingerprint density at radius 2 is 2.26 bits per heavy atom. The first-order valence-electron chi connectivity index (χ1n) is 7.35. The van der Waals surface area contributed by atoms with Crippen LogP contribution in [-0.2, 0) is 11.3 Å². The van der Waals surface area contributed by atoms with E-state index < -0.39 is 0 Å². The Morgan fingerprint density at radius 1 is 1.42 bits per heavy atom. The second kappa shape index (κ2) is 6.92. The molecule has 106 valence electrons. The fourth-order valence-electron chi connectivity index (χ4n) is 2.63. The molecule has 3 heteroatoms. The van der Waals surface area contributed by atoms with Crippen molar-refractivity contribution in [1.82, 2.24) is 4.90 Å². The van der Waals surface area contributed by atoms with Gasteiger partial charge in [-0.3, -0.25) is 4.90 Å². The van der Waals surface area contributed by atoms with Gasteiger partial charge in [0.05, 0.1) is 6.10 Å². The van der Waals surface area contributed by atoms with Crippen molar-refractivity contribution in [3.05, 3.63) is 29.8 Å². The molecule has 1 aliphatic heterocycles. The van der Waals surface area contributed by atoms with Crippen LogP contribution in [-0.4, -0.2) is 30.2 Å². The van der Waals surface area contributed by atoms with Gasteiger partial charge in [-0.05, 0) is 50.8 Å². The molecule has 0 spiro atoms. The van der Waals surface area contributed by atoms with E-state index >= 15 is 0 Å². The SMILES string of the molecule is CC(C)N(CCC1CCCO1)Cc1cccc(N)c1. The molecule has 1 unspecified atom stereocenters. The van der Waals surface area contributed by atoms with Gasteiger partial charge < -0.3 is 10.5 Å². The predicted molar refractivity (Wildman–Crippen MR) is 80.0 cm³/mol. The maximum absolute atomic E-state index is 5.85. The Morgan fingerprint density at radius 3 is 2.89 bits per heavy atom.